The molecule has 0 aliphatic heterocycles. The first-order valence-electron chi connectivity index (χ1n) is 6.33. The van der Waals surface area contributed by atoms with Crippen molar-refractivity contribution in [1.29, 1.82) is 0 Å². The van der Waals surface area contributed by atoms with Gasteiger partial charge in [0.15, 0.2) is 0 Å². The van der Waals surface area contributed by atoms with Crippen molar-refractivity contribution < 1.29 is 4.57 Å². The molecule has 0 bridgehead atoms. The lowest BCUT2D eigenvalue weighted by atomic mass is 10.0. The van der Waals surface area contributed by atoms with E-state index in [2.05, 4.69) is 20.8 Å². The standard InChI is InChI=1S/C14H22ClOP/c1-4-6-12-14(3,5-2)17(15,16)13-10-8-7-9-11-13/h7-11H,4-6,12H2,1-3H3. The van der Waals surface area contributed by atoms with Gasteiger partial charge in [-0.2, -0.15) is 0 Å². The van der Waals surface area contributed by atoms with Crippen LogP contribution in [0.4, 0.5) is 0 Å². The Morgan fingerprint density at radius 1 is 1.24 bits per heavy atom. The lowest BCUT2D eigenvalue weighted by Gasteiger charge is -2.33. The summed E-state index contributed by atoms with van der Waals surface area (Å²) in [7, 11) is 0. The lowest BCUT2D eigenvalue weighted by molar-refractivity contribution is 0.492. The maximum absolute atomic E-state index is 12.9. The molecule has 17 heavy (non-hydrogen) atoms. The number of hydrogen-bond donors (Lipinski definition) is 0. The average molecular weight is 273 g/mol. The van der Waals surface area contributed by atoms with Gasteiger partial charge in [-0.25, -0.2) is 0 Å². The van der Waals surface area contributed by atoms with Gasteiger partial charge in [-0.05, 0) is 24.1 Å². The van der Waals surface area contributed by atoms with Gasteiger partial charge in [0.2, 0.25) is 6.49 Å². The minimum atomic E-state index is -2.82. The van der Waals surface area contributed by atoms with Crippen molar-refractivity contribution in [3.63, 3.8) is 0 Å². The van der Waals surface area contributed by atoms with Gasteiger partial charge in [0.1, 0.15) is 0 Å². The van der Waals surface area contributed by atoms with Crippen molar-refractivity contribution in [2.24, 2.45) is 0 Å². The number of halogens is 1. The molecule has 0 saturated heterocycles. The Labute approximate surface area is 110 Å². The van der Waals surface area contributed by atoms with Crippen molar-refractivity contribution in [2.75, 3.05) is 0 Å². The molecule has 2 unspecified atom stereocenters. The van der Waals surface area contributed by atoms with Gasteiger partial charge in [0.05, 0.1) is 0 Å². The zero-order chi connectivity index (χ0) is 12.9. The maximum atomic E-state index is 12.9. The summed E-state index contributed by atoms with van der Waals surface area (Å²) in [5.74, 6) is 0. The molecule has 0 fully saturated rings. The Kier molecular flexibility index (Phi) is 5.28. The van der Waals surface area contributed by atoms with Gasteiger partial charge in [0.25, 0.3) is 0 Å². The van der Waals surface area contributed by atoms with Crippen LogP contribution in [0.25, 0.3) is 0 Å². The fourth-order valence-corrected chi connectivity index (χ4v) is 4.99. The van der Waals surface area contributed by atoms with E-state index in [1.807, 2.05) is 30.3 Å². The Morgan fingerprint density at radius 2 is 1.82 bits per heavy atom. The summed E-state index contributed by atoms with van der Waals surface area (Å²) in [6.45, 7) is 3.46. The molecule has 0 radical (unpaired) electrons. The first kappa shape index (κ1) is 14.8. The Bertz CT molecular complexity index is 390. The largest absolute Gasteiger partial charge is 0.301 e. The van der Waals surface area contributed by atoms with Gasteiger partial charge in [-0.1, -0.05) is 63.9 Å². The van der Waals surface area contributed by atoms with Crippen LogP contribution in [0.3, 0.4) is 0 Å². The first-order chi connectivity index (χ1) is 7.98. The molecule has 2 atom stereocenters. The average Bonchev–Trinajstić information content (AvgIpc) is 2.36. The first-order valence-corrected chi connectivity index (χ1v) is 8.94. The smallest absolute Gasteiger partial charge is 0.203 e. The lowest BCUT2D eigenvalue weighted by Crippen LogP contribution is -2.26. The highest BCUT2D eigenvalue weighted by atomic mass is 35.7. The number of rotatable bonds is 6. The quantitative estimate of drug-likeness (QED) is 0.652. The molecule has 0 aromatic heterocycles. The predicted octanol–water partition coefficient (Wildman–Crippen LogP) is 5.19. The molecule has 0 aliphatic rings. The monoisotopic (exact) mass is 272 g/mol. The second-order valence-corrected chi connectivity index (χ2v) is 8.91. The molecule has 1 nitrogen and oxygen atoms in total. The van der Waals surface area contributed by atoms with Crippen LogP contribution in [0.1, 0.15) is 46.5 Å². The van der Waals surface area contributed by atoms with Gasteiger partial charge in [-0.15, -0.1) is 0 Å². The molecule has 0 N–H and O–H groups in total. The van der Waals surface area contributed by atoms with Crippen LogP contribution in [0.5, 0.6) is 0 Å². The third-order valence-electron chi connectivity index (χ3n) is 3.61. The minimum absolute atomic E-state index is 0.286. The van der Waals surface area contributed by atoms with E-state index < -0.39 is 6.49 Å². The molecule has 1 aromatic carbocycles. The highest BCUT2D eigenvalue weighted by Crippen LogP contribution is 2.64. The Balaban J connectivity index is 3.05. The van der Waals surface area contributed by atoms with E-state index in [4.69, 9.17) is 11.2 Å². The van der Waals surface area contributed by atoms with E-state index in [0.717, 1.165) is 31.0 Å². The van der Waals surface area contributed by atoms with E-state index in [1.54, 1.807) is 0 Å². The van der Waals surface area contributed by atoms with Crippen molar-refractivity contribution in [2.45, 2.75) is 51.6 Å². The number of unbranched alkanes of at least 4 members (excludes halogenated alkanes) is 1. The summed E-state index contributed by atoms with van der Waals surface area (Å²) in [4.78, 5) is 0. The predicted molar refractivity (Wildman–Crippen MR) is 77.8 cm³/mol. The fourth-order valence-electron chi connectivity index (χ4n) is 2.01. The Morgan fingerprint density at radius 3 is 2.29 bits per heavy atom. The second kappa shape index (κ2) is 6.07. The van der Waals surface area contributed by atoms with Gasteiger partial charge < -0.3 is 4.57 Å². The molecule has 96 valence electrons. The molecule has 3 heteroatoms. The SMILES string of the molecule is CCCCC(C)(CC)P(=O)(Cl)c1ccccc1. The summed E-state index contributed by atoms with van der Waals surface area (Å²) in [6.07, 6.45) is 3.97. The molecular weight excluding hydrogens is 251 g/mol. The summed E-state index contributed by atoms with van der Waals surface area (Å²) >= 11 is 6.46. The number of hydrogen-bond acceptors (Lipinski definition) is 1. The molecular formula is C14H22ClOP. The maximum Gasteiger partial charge on any atom is 0.203 e. The van der Waals surface area contributed by atoms with Crippen LogP contribution in [0.15, 0.2) is 30.3 Å². The zero-order valence-electron chi connectivity index (χ0n) is 10.9. The van der Waals surface area contributed by atoms with Crippen molar-refractivity contribution in [3.05, 3.63) is 30.3 Å². The van der Waals surface area contributed by atoms with Gasteiger partial charge >= 0.3 is 0 Å². The summed E-state index contributed by atoms with van der Waals surface area (Å²) in [6, 6.07) is 9.50. The van der Waals surface area contributed by atoms with Crippen LogP contribution < -0.4 is 5.30 Å². The van der Waals surface area contributed by atoms with Crippen molar-refractivity contribution >= 4 is 23.0 Å². The second-order valence-electron chi connectivity index (χ2n) is 4.82. The van der Waals surface area contributed by atoms with E-state index in [-0.39, 0.29) is 5.16 Å². The normalized spacial score (nSPS) is 18.4. The topological polar surface area (TPSA) is 17.1 Å². The van der Waals surface area contributed by atoms with E-state index in [1.165, 1.54) is 0 Å². The Hall–Kier alpha value is -0.260. The summed E-state index contributed by atoms with van der Waals surface area (Å²) in [5.41, 5.74) is 0. The van der Waals surface area contributed by atoms with Crippen molar-refractivity contribution in [1.82, 2.24) is 0 Å². The third-order valence-corrected chi connectivity index (χ3v) is 8.31. The summed E-state index contributed by atoms with van der Waals surface area (Å²) < 4.78 is 12.9. The summed E-state index contributed by atoms with van der Waals surface area (Å²) in [5, 5.41) is 0.508. The number of benzene rings is 1. The van der Waals surface area contributed by atoms with E-state index in [9.17, 15) is 4.57 Å². The molecule has 0 aliphatic carbocycles. The van der Waals surface area contributed by atoms with Crippen LogP contribution >= 0.6 is 17.7 Å². The van der Waals surface area contributed by atoms with Crippen LogP contribution in [0.2, 0.25) is 0 Å². The van der Waals surface area contributed by atoms with Gasteiger partial charge in [0, 0.05) is 10.5 Å². The highest BCUT2D eigenvalue weighted by Gasteiger charge is 2.41. The van der Waals surface area contributed by atoms with E-state index >= 15 is 0 Å². The van der Waals surface area contributed by atoms with Crippen LogP contribution in [-0.4, -0.2) is 5.16 Å². The molecule has 1 rings (SSSR count). The van der Waals surface area contributed by atoms with Crippen molar-refractivity contribution in [3.8, 4) is 0 Å². The fraction of sp³-hybridized carbons (Fsp3) is 0.571. The molecule has 0 heterocycles. The van der Waals surface area contributed by atoms with Crippen LogP contribution in [0, 0.1) is 0 Å². The zero-order valence-corrected chi connectivity index (χ0v) is 12.6. The molecule has 0 spiro atoms. The molecule has 1 aromatic rings. The van der Waals surface area contributed by atoms with Gasteiger partial charge in [-0.3, -0.25) is 0 Å². The highest BCUT2D eigenvalue weighted by molar-refractivity contribution is 7.96. The third kappa shape index (κ3) is 3.14. The minimum Gasteiger partial charge on any atom is -0.301 e. The van der Waals surface area contributed by atoms with Crippen LogP contribution in [-0.2, 0) is 4.57 Å². The molecule has 0 saturated carbocycles. The molecule has 0 amide bonds. The van der Waals surface area contributed by atoms with E-state index in [0.29, 0.717) is 0 Å².